The van der Waals surface area contributed by atoms with Crippen LogP contribution in [0.3, 0.4) is 0 Å². The number of nitrogens with zero attached hydrogens (tertiary/aromatic N) is 1. The fourth-order valence-corrected chi connectivity index (χ4v) is 2.92. The summed E-state index contributed by atoms with van der Waals surface area (Å²) in [7, 11) is 7.04. The van der Waals surface area contributed by atoms with E-state index in [1.165, 1.54) is 0 Å². The highest BCUT2D eigenvalue weighted by molar-refractivity contribution is 6.12. The highest BCUT2D eigenvalue weighted by Crippen LogP contribution is 2.29. The van der Waals surface area contributed by atoms with Gasteiger partial charge in [0.25, 0.3) is 0 Å². The van der Waals surface area contributed by atoms with E-state index in [1.54, 1.807) is 26.4 Å². The van der Waals surface area contributed by atoms with E-state index in [4.69, 9.17) is 15.2 Å². The Morgan fingerprint density at radius 3 is 2.44 bits per heavy atom. The molecule has 2 aromatic carbocycles. The van der Waals surface area contributed by atoms with E-state index >= 15 is 0 Å². The van der Waals surface area contributed by atoms with Gasteiger partial charge in [0.15, 0.2) is 5.78 Å². The van der Waals surface area contributed by atoms with Gasteiger partial charge in [0.05, 0.1) is 25.6 Å². The van der Waals surface area contributed by atoms with E-state index in [9.17, 15) is 4.79 Å². The molecule has 0 spiro atoms. The zero-order chi connectivity index (χ0) is 20.0. The van der Waals surface area contributed by atoms with Crippen molar-refractivity contribution in [2.75, 3.05) is 38.9 Å². The van der Waals surface area contributed by atoms with Crippen LogP contribution in [0.2, 0.25) is 0 Å². The number of methoxy groups -OCH3 is 2. The lowest BCUT2D eigenvalue weighted by molar-refractivity contribution is 0.103. The lowest BCUT2D eigenvalue weighted by Crippen LogP contribution is -2.13. The molecule has 2 rings (SSSR count). The van der Waals surface area contributed by atoms with Gasteiger partial charge in [-0.15, -0.1) is 0 Å². The molecule has 0 aliphatic rings. The number of carbonyl (C=O) groups excluding carboxylic acids is 1. The van der Waals surface area contributed by atoms with Gasteiger partial charge in [-0.25, -0.2) is 0 Å². The minimum atomic E-state index is -0.00942. The average Bonchev–Trinajstić information content (AvgIpc) is 2.67. The van der Waals surface area contributed by atoms with Gasteiger partial charge in [-0.1, -0.05) is 13.3 Å². The minimum absolute atomic E-state index is 0.00942. The summed E-state index contributed by atoms with van der Waals surface area (Å²) in [5, 5.41) is 0. The van der Waals surface area contributed by atoms with Crippen molar-refractivity contribution in [3.05, 3.63) is 53.1 Å². The largest absolute Gasteiger partial charge is 0.497 e. The third-order valence-corrected chi connectivity index (χ3v) is 4.35. The second-order valence-corrected chi connectivity index (χ2v) is 6.52. The number of hydrogen-bond donors (Lipinski definition) is 1. The molecule has 2 aromatic rings. The van der Waals surface area contributed by atoms with Gasteiger partial charge in [-0.05, 0) is 48.9 Å². The molecule has 0 aliphatic heterocycles. The first-order valence-corrected chi connectivity index (χ1v) is 8.95. The number of Topliss-reactive ketones (excluding diaryl/α,β-unsaturated/α-hetero) is 1. The van der Waals surface area contributed by atoms with Gasteiger partial charge in [-0.3, -0.25) is 4.79 Å². The Bertz CT molecular complexity index is 841. The van der Waals surface area contributed by atoms with E-state index in [1.807, 2.05) is 49.3 Å². The van der Waals surface area contributed by atoms with E-state index in [2.05, 4.69) is 6.92 Å². The predicted octanol–water partition coefficient (Wildman–Crippen LogP) is 4.42. The number of ketones is 1. The van der Waals surface area contributed by atoms with E-state index in [-0.39, 0.29) is 5.78 Å². The number of rotatable bonds is 8. The molecule has 0 amide bonds. The van der Waals surface area contributed by atoms with E-state index in [0.717, 1.165) is 23.2 Å². The number of nitrogen functional groups attached to an aromatic ring is 1. The first-order valence-electron chi connectivity index (χ1n) is 8.95. The first-order chi connectivity index (χ1) is 12.9. The smallest absolute Gasteiger partial charge is 0.189 e. The maximum absolute atomic E-state index is 13.2. The fraction of sp³-hybridized carbons (Fsp3) is 0.318. The number of anilines is 2. The van der Waals surface area contributed by atoms with Crippen LogP contribution >= 0.6 is 0 Å². The van der Waals surface area contributed by atoms with Gasteiger partial charge < -0.3 is 20.1 Å². The summed E-state index contributed by atoms with van der Waals surface area (Å²) in [5.74, 6) is 1.40. The lowest BCUT2D eigenvalue weighted by Gasteiger charge is -2.17. The molecule has 0 heterocycles. The second kappa shape index (κ2) is 9.12. The summed E-state index contributed by atoms with van der Waals surface area (Å²) < 4.78 is 10.7. The highest BCUT2D eigenvalue weighted by atomic mass is 16.5. The van der Waals surface area contributed by atoms with Crippen LogP contribution in [0.4, 0.5) is 11.4 Å². The normalized spacial score (nSPS) is 11.2. The maximum Gasteiger partial charge on any atom is 0.189 e. The highest BCUT2D eigenvalue weighted by Gasteiger charge is 2.15. The fourth-order valence-electron chi connectivity index (χ4n) is 2.92. The molecule has 27 heavy (non-hydrogen) atoms. The molecule has 5 nitrogen and oxygen atoms in total. The Labute approximate surface area is 161 Å². The minimum Gasteiger partial charge on any atom is -0.497 e. The molecule has 0 atom stereocenters. The molecule has 0 unspecified atom stereocenters. The number of carbonyl (C=O) groups is 1. The number of benzene rings is 2. The molecule has 0 radical (unpaired) electrons. The zero-order valence-electron chi connectivity index (χ0n) is 16.7. The van der Waals surface area contributed by atoms with Crippen LogP contribution < -0.4 is 20.1 Å². The van der Waals surface area contributed by atoms with E-state index < -0.39 is 0 Å². The van der Waals surface area contributed by atoms with Crippen molar-refractivity contribution in [3.63, 3.8) is 0 Å². The monoisotopic (exact) mass is 368 g/mol. The molecule has 0 saturated heterocycles. The third-order valence-electron chi connectivity index (χ3n) is 4.35. The van der Waals surface area contributed by atoms with E-state index in [0.29, 0.717) is 29.2 Å². The van der Waals surface area contributed by atoms with Crippen LogP contribution in [0.25, 0.3) is 6.08 Å². The van der Waals surface area contributed by atoms with Crippen molar-refractivity contribution in [1.82, 2.24) is 0 Å². The molecule has 0 fully saturated rings. The number of hydrogen-bond acceptors (Lipinski definition) is 5. The summed E-state index contributed by atoms with van der Waals surface area (Å²) in [4.78, 5) is 15.1. The Kier molecular flexibility index (Phi) is 6.88. The summed E-state index contributed by atoms with van der Waals surface area (Å²) in [6.07, 6.45) is 3.42. The maximum atomic E-state index is 13.2. The number of allylic oxidation sites excluding steroid dienone is 1. The van der Waals surface area contributed by atoms with Crippen molar-refractivity contribution in [1.29, 1.82) is 0 Å². The molecule has 2 N–H and O–H groups in total. The molecule has 0 saturated carbocycles. The van der Waals surface area contributed by atoms with Gasteiger partial charge in [-0.2, -0.15) is 0 Å². The van der Waals surface area contributed by atoms with Crippen LogP contribution in [-0.2, 0) is 0 Å². The molecule has 0 bridgehead atoms. The van der Waals surface area contributed by atoms with Crippen molar-refractivity contribution in [2.45, 2.75) is 19.8 Å². The Morgan fingerprint density at radius 2 is 1.85 bits per heavy atom. The topological polar surface area (TPSA) is 64.8 Å². The van der Waals surface area contributed by atoms with Crippen LogP contribution in [-0.4, -0.2) is 34.1 Å². The Hall–Kier alpha value is -2.95. The van der Waals surface area contributed by atoms with Crippen molar-refractivity contribution < 1.29 is 14.3 Å². The molecule has 144 valence electrons. The van der Waals surface area contributed by atoms with Crippen LogP contribution in [0.5, 0.6) is 11.5 Å². The van der Waals surface area contributed by atoms with Crippen LogP contribution in [0, 0.1) is 0 Å². The first kappa shape index (κ1) is 20.4. The SMILES string of the molecule is CCC/C(=C\c1cc(OC)ccc1OC)C(=O)c1ccc(N)c(N(C)C)c1. The molecule has 5 heteroatoms. The average molecular weight is 368 g/mol. The van der Waals surface area contributed by atoms with Crippen molar-refractivity contribution in [2.24, 2.45) is 0 Å². The summed E-state index contributed by atoms with van der Waals surface area (Å²) >= 11 is 0. The van der Waals surface area contributed by atoms with Gasteiger partial charge in [0.1, 0.15) is 11.5 Å². The number of ether oxygens (including phenoxy) is 2. The van der Waals surface area contributed by atoms with Crippen LogP contribution in [0.15, 0.2) is 42.0 Å². The Morgan fingerprint density at radius 1 is 1.11 bits per heavy atom. The van der Waals surface area contributed by atoms with Gasteiger partial charge in [0.2, 0.25) is 0 Å². The quantitative estimate of drug-likeness (QED) is 0.424. The molecule has 0 aliphatic carbocycles. The zero-order valence-corrected chi connectivity index (χ0v) is 16.7. The van der Waals surface area contributed by atoms with Gasteiger partial charge >= 0.3 is 0 Å². The standard InChI is InChI=1S/C22H28N2O3/c1-6-7-15(12-17-13-18(26-4)9-11-21(17)27-5)22(25)16-8-10-19(23)20(14-16)24(2)3/h8-14H,6-7,23H2,1-5H3/b15-12+. The third kappa shape index (κ3) is 4.82. The Balaban J connectivity index is 2.50. The second-order valence-electron chi connectivity index (χ2n) is 6.52. The van der Waals surface area contributed by atoms with Gasteiger partial charge in [0, 0.05) is 30.8 Å². The predicted molar refractivity (Wildman–Crippen MR) is 112 cm³/mol. The summed E-state index contributed by atoms with van der Waals surface area (Å²) in [6.45, 7) is 2.05. The van der Waals surface area contributed by atoms with Crippen LogP contribution in [0.1, 0.15) is 35.7 Å². The molecular formula is C22H28N2O3. The molecule has 0 aromatic heterocycles. The summed E-state index contributed by atoms with van der Waals surface area (Å²) in [5.41, 5.74) is 9.65. The van der Waals surface area contributed by atoms with Crippen molar-refractivity contribution >= 4 is 23.2 Å². The number of nitrogens with two attached hydrogens (primary N) is 1. The van der Waals surface area contributed by atoms with Crippen molar-refractivity contribution in [3.8, 4) is 11.5 Å². The molecular weight excluding hydrogens is 340 g/mol. The summed E-state index contributed by atoms with van der Waals surface area (Å²) in [6, 6.07) is 10.9. The lowest BCUT2D eigenvalue weighted by atomic mass is 9.96.